The topological polar surface area (TPSA) is 80.7 Å². The van der Waals surface area contributed by atoms with Crippen LogP contribution in [0, 0.1) is 0 Å². The lowest BCUT2D eigenvalue weighted by Gasteiger charge is -2.35. The molecule has 166 valence electrons. The Balaban J connectivity index is 2.07. The molecule has 30 heavy (non-hydrogen) atoms. The molecule has 0 saturated carbocycles. The number of thiazole rings is 1. The molecule has 0 spiro atoms. The third-order valence-electron chi connectivity index (χ3n) is 4.10. The zero-order valence-electron chi connectivity index (χ0n) is 18.4. The molecule has 1 aromatic carbocycles. The van der Waals surface area contributed by atoms with Gasteiger partial charge in [0.05, 0.1) is 16.7 Å². The summed E-state index contributed by atoms with van der Waals surface area (Å²) in [6.45, 7) is 12.8. The van der Waals surface area contributed by atoms with Gasteiger partial charge in [-0.25, -0.2) is 9.78 Å². The van der Waals surface area contributed by atoms with Crippen molar-refractivity contribution < 1.29 is 18.8 Å². The van der Waals surface area contributed by atoms with E-state index in [1.165, 1.54) is 11.3 Å². The van der Waals surface area contributed by atoms with Gasteiger partial charge in [0.15, 0.2) is 5.69 Å². The van der Waals surface area contributed by atoms with Crippen molar-refractivity contribution in [2.45, 2.75) is 65.0 Å². The van der Waals surface area contributed by atoms with Crippen molar-refractivity contribution in [2.75, 3.05) is 6.54 Å². The largest absolute Gasteiger partial charge is 0.476 e. The number of aromatic nitrogens is 1. The summed E-state index contributed by atoms with van der Waals surface area (Å²) in [4.78, 5) is 15.2. The third kappa shape index (κ3) is 8.45. The van der Waals surface area contributed by atoms with Crippen molar-refractivity contribution in [1.29, 1.82) is 0 Å². The number of carbonyl (C=O) groups is 1. The van der Waals surface area contributed by atoms with Crippen LogP contribution in [0.2, 0.25) is 18.1 Å². The van der Waals surface area contributed by atoms with Gasteiger partial charge in [-0.1, -0.05) is 23.7 Å². The monoisotopic (exact) mass is 470 g/mol. The van der Waals surface area contributed by atoms with Crippen LogP contribution in [0.4, 0.5) is 0 Å². The Morgan fingerprint density at radius 3 is 2.63 bits per heavy atom. The summed E-state index contributed by atoms with van der Waals surface area (Å²) in [5, 5.41) is 15.6. The molecule has 0 aliphatic carbocycles. The maximum Gasteiger partial charge on any atom is 0.355 e. The third-order valence-corrected chi connectivity index (χ3v) is 7.16. The molecule has 2 aromatic rings. The lowest BCUT2D eigenvalue weighted by atomic mass is 10.1. The van der Waals surface area contributed by atoms with Crippen LogP contribution < -0.4 is 5.32 Å². The van der Waals surface area contributed by atoms with Gasteiger partial charge in [0.25, 0.3) is 0 Å². The average Bonchev–Trinajstić information content (AvgIpc) is 3.05. The van der Waals surface area contributed by atoms with E-state index < -0.39 is 14.5 Å². The summed E-state index contributed by atoms with van der Waals surface area (Å²) < 4.78 is 12.7. The summed E-state index contributed by atoms with van der Waals surface area (Å²) in [5.74, 6) is -1.00. The van der Waals surface area contributed by atoms with E-state index in [0.717, 1.165) is 10.6 Å². The quantitative estimate of drug-likeness (QED) is 0.459. The van der Waals surface area contributed by atoms with Crippen molar-refractivity contribution in [3.63, 3.8) is 0 Å². The maximum atomic E-state index is 11.0. The smallest absolute Gasteiger partial charge is 0.355 e. The molecule has 2 rings (SSSR count). The second kappa shape index (κ2) is 10.3. The van der Waals surface area contributed by atoms with E-state index in [4.69, 9.17) is 25.6 Å². The highest BCUT2D eigenvalue weighted by atomic mass is 35.5. The van der Waals surface area contributed by atoms with Crippen LogP contribution in [0.3, 0.4) is 0 Å². The maximum absolute atomic E-state index is 11.0. The molecular formula is C21H31ClN2O4SSi. The first-order valence-electron chi connectivity index (χ1n) is 9.89. The molecule has 0 saturated heterocycles. The second-order valence-electron chi connectivity index (χ2n) is 8.72. The van der Waals surface area contributed by atoms with Crippen molar-refractivity contribution in [3.8, 4) is 0 Å². The van der Waals surface area contributed by atoms with Crippen LogP contribution >= 0.6 is 22.9 Å². The zero-order chi connectivity index (χ0) is 22.5. The lowest BCUT2D eigenvalue weighted by molar-refractivity contribution is 0.0460. The van der Waals surface area contributed by atoms with E-state index in [0.29, 0.717) is 18.0 Å². The van der Waals surface area contributed by atoms with Crippen LogP contribution in [-0.2, 0) is 15.3 Å². The van der Waals surface area contributed by atoms with Gasteiger partial charge in [0.1, 0.15) is 0 Å². The van der Waals surface area contributed by atoms with Gasteiger partial charge >= 0.3 is 14.5 Å². The van der Waals surface area contributed by atoms with Crippen LogP contribution in [-0.4, -0.2) is 42.8 Å². The number of carboxylic acid groups (broad SMARTS) is 1. The average molecular weight is 471 g/mol. The minimum atomic E-state index is -2.42. The Morgan fingerprint density at radius 2 is 2.07 bits per heavy atom. The molecule has 2 N–H and O–H groups in total. The van der Waals surface area contributed by atoms with Crippen molar-refractivity contribution in [1.82, 2.24) is 10.3 Å². The van der Waals surface area contributed by atoms with Gasteiger partial charge < -0.3 is 19.3 Å². The molecule has 9 heteroatoms. The highest BCUT2D eigenvalue weighted by Gasteiger charge is 2.34. The molecule has 0 fully saturated rings. The first kappa shape index (κ1) is 25.0. The Kier molecular flexibility index (Phi) is 8.61. The summed E-state index contributed by atoms with van der Waals surface area (Å²) >= 11 is 7.58. The normalized spacial score (nSPS) is 14.5. The number of nitrogens with zero attached hydrogens (tertiary/aromatic N) is 1. The van der Waals surface area contributed by atoms with E-state index in [2.05, 4.69) is 10.3 Å². The molecule has 0 bridgehead atoms. The van der Waals surface area contributed by atoms with E-state index in [1.54, 1.807) is 5.38 Å². The Labute approximate surface area is 188 Å². The van der Waals surface area contributed by atoms with Gasteiger partial charge in [0, 0.05) is 29.4 Å². The number of hydrogen-bond donors (Lipinski definition) is 2. The molecule has 0 aliphatic heterocycles. The predicted octanol–water partition coefficient (Wildman–Crippen LogP) is 5.29. The van der Waals surface area contributed by atoms with Gasteiger partial charge in [-0.05, 0) is 58.5 Å². The molecule has 1 aromatic heterocycles. The van der Waals surface area contributed by atoms with Crippen molar-refractivity contribution in [3.05, 3.63) is 50.9 Å². The summed E-state index contributed by atoms with van der Waals surface area (Å²) in [6.07, 6.45) is 0.417. The molecule has 2 atom stereocenters. The Bertz CT molecular complexity index is 854. The van der Waals surface area contributed by atoms with Crippen LogP contribution in [0.15, 0.2) is 29.6 Å². The molecular weight excluding hydrogens is 440 g/mol. The summed E-state index contributed by atoms with van der Waals surface area (Å²) in [6, 6.07) is 7.77. The molecule has 1 unspecified atom stereocenters. The summed E-state index contributed by atoms with van der Waals surface area (Å²) in [5.41, 5.74) is 0.791. The Hall–Kier alpha value is -1.29. The fourth-order valence-electron chi connectivity index (χ4n) is 3.18. The minimum absolute atomic E-state index is 0.0921. The SMILES string of the molecule is C[C@H](Cc1nc(C(=O)O)cs1)NCC(O[Si](C)(C)OC(C)(C)C)c1cccc(Cl)c1. The Morgan fingerprint density at radius 1 is 1.37 bits per heavy atom. The lowest BCUT2D eigenvalue weighted by Crippen LogP contribution is -2.45. The zero-order valence-corrected chi connectivity index (χ0v) is 20.9. The highest BCUT2D eigenvalue weighted by molar-refractivity contribution is 7.09. The first-order chi connectivity index (χ1) is 13.8. The number of aromatic carboxylic acids is 1. The number of hydrogen-bond acceptors (Lipinski definition) is 6. The van der Waals surface area contributed by atoms with Gasteiger partial charge in [0.2, 0.25) is 0 Å². The first-order valence-corrected chi connectivity index (χ1v) is 14.0. The number of halogens is 1. The summed E-state index contributed by atoms with van der Waals surface area (Å²) in [7, 11) is -2.42. The van der Waals surface area contributed by atoms with E-state index in [9.17, 15) is 4.79 Å². The fraction of sp³-hybridized carbons (Fsp3) is 0.524. The minimum Gasteiger partial charge on any atom is -0.476 e. The molecule has 6 nitrogen and oxygen atoms in total. The van der Waals surface area contributed by atoms with Gasteiger partial charge in [-0.3, -0.25) is 0 Å². The van der Waals surface area contributed by atoms with Gasteiger partial charge in [-0.15, -0.1) is 11.3 Å². The van der Waals surface area contributed by atoms with E-state index in [-0.39, 0.29) is 23.4 Å². The molecule has 0 amide bonds. The van der Waals surface area contributed by atoms with Crippen LogP contribution in [0.25, 0.3) is 0 Å². The standard InChI is InChI=1S/C21H31ClN2O4SSi/c1-14(10-19-24-17(13-29-19)20(25)26)23-12-18(15-8-7-9-16(22)11-15)27-30(5,6)28-21(2,3)4/h7-9,11,13-14,18,23H,10,12H2,1-6H3,(H,25,26)/t14-,18?/m1/s1. The number of carboxylic acids is 1. The number of nitrogens with one attached hydrogen (secondary N) is 1. The van der Waals surface area contributed by atoms with E-state index >= 15 is 0 Å². The van der Waals surface area contributed by atoms with Crippen LogP contribution in [0.5, 0.6) is 0 Å². The van der Waals surface area contributed by atoms with Crippen LogP contribution in [0.1, 0.15) is 54.9 Å². The predicted molar refractivity (Wildman–Crippen MR) is 124 cm³/mol. The van der Waals surface area contributed by atoms with Gasteiger partial charge in [-0.2, -0.15) is 0 Å². The highest BCUT2D eigenvalue weighted by Crippen LogP contribution is 2.27. The molecule has 1 heterocycles. The molecule has 0 radical (unpaired) electrons. The number of benzene rings is 1. The molecule has 0 aliphatic rings. The fourth-order valence-corrected chi connectivity index (χ4v) is 6.71. The van der Waals surface area contributed by atoms with Crippen molar-refractivity contribution in [2.24, 2.45) is 0 Å². The van der Waals surface area contributed by atoms with E-state index in [1.807, 2.05) is 65.1 Å². The van der Waals surface area contributed by atoms with Crippen molar-refractivity contribution >= 4 is 37.5 Å². The second-order valence-corrected chi connectivity index (χ2v) is 13.3. The number of rotatable bonds is 10.